The van der Waals surface area contributed by atoms with Crippen molar-refractivity contribution in [2.75, 3.05) is 0 Å². The number of unbranched alkanes of at least 4 members (excludes halogenated alkanes) is 1. The summed E-state index contributed by atoms with van der Waals surface area (Å²) in [6.07, 6.45) is 0.969. The van der Waals surface area contributed by atoms with E-state index >= 15 is 0 Å². The second kappa shape index (κ2) is 8.03. The second-order valence-electron chi connectivity index (χ2n) is 4.63. The zero-order chi connectivity index (χ0) is 15.8. The van der Waals surface area contributed by atoms with Gasteiger partial charge in [0.15, 0.2) is 0 Å². The minimum atomic E-state index is -0.896. The minimum absolute atomic E-state index is 0.0194. The van der Waals surface area contributed by atoms with E-state index < -0.39 is 17.9 Å². The van der Waals surface area contributed by atoms with Gasteiger partial charge < -0.3 is 14.9 Å². The number of carbonyl (C=O) groups excluding carboxylic acids is 2. The highest BCUT2D eigenvalue weighted by atomic mass is 16.5. The molecule has 116 valence electrons. The Hall–Kier alpha value is -2.38. The monoisotopic (exact) mass is 297 g/mol. The summed E-state index contributed by atoms with van der Waals surface area (Å²) in [5.74, 6) is -0.711. The highest BCUT2D eigenvalue weighted by Crippen LogP contribution is 2.11. The standard InChI is InChI=1S/C13H19N3O5/c1-8-10(9(2)21-16-8)7-14-13(20)15-11(17)5-3-4-6-12(18)19/h3-7H2,1-2H3,(H,18,19)(H2,14,15,17,20). The molecular formula is C13H19N3O5. The average molecular weight is 297 g/mol. The lowest BCUT2D eigenvalue weighted by atomic mass is 10.2. The van der Waals surface area contributed by atoms with E-state index in [0.717, 1.165) is 5.56 Å². The van der Waals surface area contributed by atoms with Crippen LogP contribution in [0, 0.1) is 13.8 Å². The van der Waals surface area contributed by atoms with Gasteiger partial charge in [0.1, 0.15) is 5.76 Å². The van der Waals surface area contributed by atoms with Crippen molar-refractivity contribution in [1.82, 2.24) is 15.8 Å². The number of imide groups is 1. The normalized spacial score (nSPS) is 10.2. The van der Waals surface area contributed by atoms with Crippen LogP contribution in [0.1, 0.15) is 42.7 Å². The maximum atomic E-state index is 11.5. The van der Waals surface area contributed by atoms with Crippen molar-refractivity contribution >= 4 is 17.9 Å². The summed E-state index contributed by atoms with van der Waals surface area (Å²) >= 11 is 0. The van der Waals surface area contributed by atoms with Crippen molar-refractivity contribution in [3.05, 3.63) is 17.0 Å². The summed E-state index contributed by atoms with van der Waals surface area (Å²) < 4.78 is 4.96. The number of amides is 3. The number of nitrogens with zero attached hydrogens (tertiary/aromatic N) is 1. The number of carboxylic acids is 1. The molecule has 0 bridgehead atoms. The van der Waals surface area contributed by atoms with E-state index in [9.17, 15) is 14.4 Å². The summed E-state index contributed by atoms with van der Waals surface area (Å²) in [6.45, 7) is 3.72. The van der Waals surface area contributed by atoms with Crippen LogP contribution in [0.2, 0.25) is 0 Å². The Balaban J connectivity index is 2.24. The van der Waals surface area contributed by atoms with Crippen LogP contribution < -0.4 is 10.6 Å². The molecule has 0 aromatic carbocycles. The summed E-state index contributed by atoms with van der Waals surface area (Å²) in [4.78, 5) is 33.3. The zero-order valence-electron chi connectivity index (χ0n) is 12.1. The Bertz CT molecular complexity index is 504. The molecule has 0 unspecified atom stereocenters. The van der Waals surface area contributed by atoms with Gasteiger partial charge in [-0.1, -0.05) is 5.16 Å². The smallest absolute Gasteiger partial charge is 0.321 e. The van der Waals surface area contributed by atoms with E-state index in [-0.39, 0.29) is 19.4 Å². The number of hydrogen-bond donors (Lipinski definition) is 3. The number of rotatable bonds is 7. The molecule has 21 heavy (non-hydrogen) atoms. The molecule has 0 radical (unpaired) electrons. The van der Waals surface area contributed by atoms with Gasteiger partial charge in [0.25, 0.3) is 0 Å². The maximum absolute atomic E-state index is 11.5. The van der Waals surface area contributed by atoms with Gasteiger partial charge in [-0.3, -0.25) is 14.9 Å². The Labute approximate surface area is 121 Å². The third-order valence-electron chi connectivity index (χ3n) is 2.90. The molecule has 3 N–H and O–H groups in total. The first-order valence-corrected chi connectivity index (χ1v) is 6.61. The Morgan fingerprint density at radius 1 is 1.19 bits per heavy atom. The number of carbonyl (C=O) groups is 3. The molecule has 0 atom stereocenters. The van der Waals surface area contributed by atoms with Crippen LogP contribution in [0.25, 0.3) is 0 Å². The lowest BCUT2D eigenvalue weighted by molar-refractivity contribution is -0.137. The molecule has 3 amide bonds. The van der Waals surface area contributed by atoms with Crippen LogP contribution in [-0.2, 0) is 16.1 Å². The van der Waals surface area contributed by atoms with Crippen molar-refractivity contribution in [3.8, 4) is 0 Å². The number of hydrogen-bond acceptors (Lipinski definition) is 5. The first kappa shape index (κ1) is 16.7. The fourth-order valence-corrected chi connectivity index (χ4v) is 1.72. The van der Waals surface area contributed by atoms with Crippen LogP contribution >= 0.6 is 0 Å². The van der Waals surface area contributed by atoms with E-state index in [1.807, 2.05) is 0 Å². The molecule has 0 fully saturated rings. The van der Waals surface area contributed by atoms with Crippen molar-refractivity contribution in [3.63, 3.8) is 0 Å². The fourth-order valence-electron chi connectivity index (χ4n) is 1.72. The minimum Gasteiger partial charge on any atom is -0.481 e. The summed E-state index contributed by atoms with van der Waals surface area (Å²) in [6, 6.07) is -0.599. The highest BCUT2D eigenvalue weighted by molar-refractivity contribution is 5.94. The number of urea groups is 1. The van der Waals surface area contributed by atoms with Crippen molar-refractivity contribution < 1.29 is 24.0 Å². The average Bonchev–Trinajstić information content (AvgIpc) is 2.71. The Kier molecular flexibility index (Phi) is 6.38. The fraction of sp³-hybridized carbons (Fsp3) is 0.538. The van der Waals surface area contributed by atoms with Gasteiger partial charge in [-0.2, -0.15) is 0 Å². The van der Waals surface area contributed by atoms with E-state index in [2.05, 4.69) is 15.8 Å². The van der Waals surface area contributed by atoms with E-state index in [1.54, 1.807) is 13.8 Å². The largest absolute Gasteiger partial charge is 0.481 e. The van der Waals surface area contributed by atoms with Gasteiger partial charge in [0.05, 0.1) is 5.69 Å². The Morgan fingerprint density at radius 3 is 2.43 bits per heavy atom. The number of aryl methyl sites for hydroxylation is 2. The molecule has 0 aliphatic carbocycles. The zero-order valence-corrected chi connectivity index (χ0v) is 12.1. The first-order chi connectivity index (χ1) is 9.90. The van der Waals surface area contributed by atoms with Gasteiger partial charge in [0.2, 0.25) is 5.91 Å². The molecule has 1 rings (SSSR count). The van der Waals surface area contributed by atoms with E-state index in [4.69, 9.17) is 9.63 Å². The van der Waals surface area contributed by atoms with Crippen LogP contribution in [-0.4, -0.2) is 28.2 Å². The van der Waals surface area contributed by atoms with Gasteiger partial charge in [-0.25, -0.2) is 4.79 Å². The topological polar surface area (TPSA) is 122 Å². The first-order valence-electron chi connectivity index (χ1n) is 6.61. The number of nitrogens with one attached hydrogen (secondary N) is 2. The Morgan fingerprint density at radius 2 is 1.86 bits per heavy atom. The molecular weight excluding hydrogens is 278 g/mol. The molecule has 0 saturated heterocycles. The number of carboxylic acid groups (broad SMARTS) is 1. The van der Waals surface area contributed by atoms with Crippen molar-refractivity contribution in [2.24, 2.45) is 0 Å². The molecule has 8 heteroatoms. The van der Waals surface area contributed by atoms with Crippen molar-refractivity contribution in [1.29, 1.82) is 0 Å². The van der Waals surface area contributed by atoms with Gasteiger partial charge in [-0.05, 0) is 26.7 Å². The molecule has 0 aliphatic heterocycles. The molecule has 8 nitrogen and oxygen atoms in total. The molecule has 0 aliphatic rings. The highest BCUT2D eigenvalue weighted by Gasteiger charge is 2.12. The molecule has 0 saturated carbocycles. The molecule has 1 aromatic heterocycles. The predicted octanol–water partition coefficient (Wildman–Crippen LogP) is 1.26. The summed E-state index contributed by atoms with van der Waals surface area (Å²) in [7, 11) is 0. The van der Waals surface area contributed by atoms with E-state index in [0.29, 0.717) is 24.3 Å². The number of aliphatic carboxylic acids is 1. The third kappa shape index (κ3) is 6.07. The summed E-state index contributed by atoms with van der Waals surface area (Å²) in [5.41, 5.74) is 1.46. The lowest BCUT2D eigenvalue weighted by Crippen LogP contribution is -2.39. The van der Waals surface area contributed by atoms with Crippen molar-refractivity contribution in [2.45, 2.75) is 46.1 Å². The second-order valence-corrected chi connectivity index (χ2v) is 4.63. The predicted molar refractivity (Wildman–Crippen MR) is 72.5 cm³/mol. The third-order valence-corrected chi connectivity index (χ3v) is 2.90. The lowest BCUT2D eigenvalue weighted by Gasteiger charge is -2.06. The SMILES string of the molecule is Cc1noc(C)c1CNC(=O)NC(=O)CCCCC(=O)O. The summed E-state index contributed by atoms with van der Waals surface area (Å²) in [5, 5.41) is 16.9. The quantitative estimate of drug-likeness (QED) is 0.651. The van der Waals surface area contributed by atoms with Crippen LogP contribution in [0.4, 0.5) is 4.79 Å². The maximum Gasteiger partial charge on any atom is 0.321 e. The van der Waals surface area contributed by atoms with E-state index in [1.165, 1.54) is 0 Å². The van der Waals surface area contributed by atoms with Crippen LogP contribution in [0.3, 0.4) is 0 Å². The van der Waals surface area contributed by atoms with Gasteiger partial charge in [-0.15, -0.1) is 0 Å². The van der Waals surface area contributed by atoms with Crippen LogP contribution in [0.15, 0.2) is 4.52 Å². The molecule has 1 aromatic rings. The van der Waals surface area contributed by atoms with Gasteiger partial charge in [0, 0.05) is 24.9 Å². The number of aromatic nitrogens is 1. The molecule has 0 spiro atoms. The van der Waals surface area contributed by atoms with Crippen LogP contribution in [0.5, 0.6) is 0 Å². The van der Waals surface area contributed by atoms with Gasteiger partial charge >= 0.3 is 12.0 Å². The molecule has 1 heterocycles.